The number of urea groups is 1. The molecule has 0 aliphatic carbocycles. The van der Waals surface area contributed by atoms with Gasteiger partial charge >= 0.3 is 6.03 Å². The molecular formula is C27H25N5O. The van der Waals surface area contributed by atoms with E-state index in [4.69, 9.17) is 0 Å². The number of anilines is 1. The van der Waals surface area contributed by atoms with Gasteiger partial charge in [-0.3, -0.25) is 0 Å². The molecule has 6 nitrogen and oxygen atoms in total. The van der Waals surface area contributed by atoms with E-state index in [0.717, 1.165) is 52.1 Å². The van der Waals surface area contributed by atoms with Crippen molar-refractivity contribution in [3.8, 4) is 11.3 Å². The summed E-state index contributed by atoms with van der Waals surface area (Å²) in [5.41, 5.74) is 6.08. The summed E-state index contributed by atoms with van der Waals surface area (Å²) in [4.78, 5) is 23.7. The van der Waals surface area contributed by atoms with E-state index in [2.05, 4.69) is 43.8 Å². The van der Waals surface area contributed by atoms with Gasteiger partial charge in [-0.25, -0.2) is 9.78 Å². The molecule has 0 saturated heterocycles. The Bertz CT molecular complexity index is 1360. The number of aromatic amines is 2. The van der Waals surface area contributed by atoms with Gasteiger partial charge in [0.2, 0.25) is 0 Å². The van der Waals surface area contributed by atoms with E-state index < -0.39 is 0 Å². The highest BCUT2D eigenvalue weighted by Gasteiger charge is 2.11. The number of para-hydroxylation sites is 1. The summed E-state index contributed by atoms with van der Waals surface area (Å²) in [6, 6.07) is 25.8. The van der Waals surface area contributed by atoms with Crippen LogP contribution in [0.3, 0.4) is 0 Å². The molecule has 5 rings (SSSR count). The Kier molecular flexibility index (Phi) is 5.89. The normalized spacial score (nSPS) is 10.9. The van der Waals surface area contributed by atoms with E-state index in [1.165, 1.54) is 5.56 Å². The van der Waals surface area contributed by atoms with Crippen molar-refractivity contribution in [3.63, 3.8) is 0 Å². The van der Waals surface area contributed by atoms with E-state index in [9.17, 15) is 4.79 Å². The topological polar surface area (TPSA) is 85.6 Å². The fourth-order valence-electron chi connectivity index (χ4n) is 3.98. The maximum absolute atomic E-state index is 12.4. The molecule has 0 fully saturated rings. The van der Waals surface area contributed by atoms with Gasteiger partial charge in [0, 0.05) is 24.5 Å². The van der Waals surface area contributed by atoms with Crippen LogP contribution >= 0.6 is 0 Å². The molecular weight excluding hydrogens is 410 g/mol. The van der Waals surface area contributed by atoms with Crippen LogP contribution in [0.1, 0.15) is 17.0 Å². The number of carbonyl (C=O) groups is 1. The first-order valence-corrected chi connectivity index (χ1v) is 11.0. The number of H-pyrrole nitrogens is 2. The lowest BCUT2D eigenvalue weighted by atomic mass is 10.1. The van der Waals surface area contributed by atoms with Crippen LogP contribution in [0.25, 0.3) is 22.2 Å². The lowest BCUT2D eigenvalue weighted by Crippen LogP contribution is -2.28. The molecule has 0 saturated carbocycles. The zero-order valence-corrected chi connectivity index (χ0v) is 18.1. The van der Waals surface area contributed by atoms with Gasteiger partial charge in [-0.15, -0.1) is 0 Å². The highest BCUT2D eigenvalue weighted by molar-refractivity contribution is 6.01. The van der Waals surface area contributed by atoms with Crippen molar-refractivity contribution in [2.45, 2.75) is 19.4 Å². The Labute approximate surface area is 192 Å². The van der Waals surface area contributed by atoms with Gasteiger partial charge in [-0.2, -0.15) is 0 Å². The first-order valence-electron chi connectivity index (χ1n) is 11.0. The summed E-state index contributed by atoms with van der Waals surface area (Å²) in [5.74, 6) is 0.956. The lowest BCUT2D eigenvalue weighted by Gasteiger charge is -2.09. The first kappa shape index (κ1) is 20.6. The fourth-order valence-corrected chi connectivity index (χ4v) is 3.98. The molecule has 2 amide bonds. The SMILES string of the molecule is O=C(NCc1ccccc1)Nc1cccc2c(CCc3ncc(-c4ccccc4)[nH]3)c[nH]c12. The third-order valence-electron chi connectivity index (χ3n) is 5.69. The van der Waals surface area contributed by atoms with Gasteiger partial charge in [-0.05, 0) is 29.2 Å². The van der Waals surface area contributed by atoms with Gasteiger partial charge in [0.1, 0.15) is 5.82 Å². The average Bonchev–Trinajstić information content (AvgIpc) is 3.50. The standard InChI is InChI=1S/C27H25N5O/c33-27(30-16-19-8-3-1-4-9-19)32-23-13-7-12-22-21(17-29-26(22)23)14-15-25-28-18-24(31-25)20-10-5-2-6-11-20/h1-13,17-18,29H,14-16H2,(H,28,31)(H2,30,32,33). The van der Waals surface area contributed by atoms with Gasteiger partial charge in [0.25, 0.3) is 0 Å². The largest absolute Gasteiger partial charge is 0.359 e. The minimum absolute atomic E-state index is 0.230. The van der Waals surface area contributed by atoms with E-state index >= 15 is 0 Å². The molecule has 0 unspecified atom stereocenters. The van der Waals surface area contributed by atoms with E-state index in [1.807, 2.05) is 73.1 Å². The smallest absolute Gasteiger partial charge is 0.319 e. The van der Waals surface area contributed by atoms with Gasteiger partial charge in [0.05, 0.1) is 23.1 Å². The highest BCUT2D eigenvalue weighted by atomic mass is 16.2. The second kappa shape index (κ2) is 9.44. The zero-order valence-electron chi connectivity index (χ0n) is 18.1. The second-order valence-electron chi connectivity index (χ2n) is 7.94. The number of nitrogens with one attached hydrogen (secondary N) is 4. The Morgan fingerprint density at radius 1 is 0.879 bits per heavy atom. The van der Waals surface area contributed by atoms with Crippen LogP contribution in [0.2, 0.25) is 0 Å². The minimum atomic E-state index is -0.230. The summed E-state index contributed by atoms with van der Waals surface area (Å²) < 4.78 is 0. The summed E-state index contributed by atoms with van der Waals surface area (Å²) >= 11 is 0. The first-order chi connectivity index (χ1) is 16.3. The van der Waals surface area contributed by atoms with Gasteiger partial charge < -0.3 is 20.6 Å². The Morgan fingerprint density at radius 2 is 1.67 bits per heavy atom. The van der Waals surface area contributed by atoms with Crippen molar-refractivity contribution >= 4 is 22.6 Å². The van der Waals surface area contributed by atoms with E-state index in [0.29, 0.717) is 6.54 Å². The number of fused-ring (bicyclic) bond motifs is 1. The molecule has 6 heteroatoms. The van der Waals surface area contributed by atoms with Crippen LogP contribution in [0.4, 0.5) is 10.5 Å². The molecule has 3 aromatic carbocycles. The molecule has 0 aliphatic rings. The summed E-state index contributed by atoms with van der Waals surface area (Å²) in [6.45, 7) is 0.479. The molecule has 2 heterocycles. The predicted molar refractivity (Wildman–Crippen MR) is 132 cm³/mol. The van der Waals surface area contributed by atoms with Crippen molar-refractivity contribution in [1.82, 2.24) is 20.3 Å². The second-order valence-corrected chi connectivity index (χ2v) is 7.94. The summed E-state index contributed by atoms with van der Waals surface area (Å²) in [7, 11) is 0. The molecule has 0 atom stereocenters. The molecule has 2 aromatic heterocycles. The van der Waals surface area contributed by atoms with Crippen molar-refractivity contribution in [2.24, 2.45) is 0 Å². The number of carbonyl (C=O) groups excluding carboxylic acids is 1. The van der Waals surface area contributed by atoms with E-state index in [1.54, 1.807) is 0 Å². The lowest BCUT2D eigenvalue weighted by molar-refractivity contribution is 0.252. The Hall–Kier alpha value is -4.32. The zero-order chi connectivity index (χ0) is 22.5. The third kappa shape index (κ3) is 4.80. The maximum Gasteiger partial charge on any atom is 0.319 e. The summed E-state index contributed by atoms with van der Waals surface area (Å²) in [5, 5.41) is 6.97. The molecule has 0 aliphatic heterocycles. The molecule has 5 aromatic rings. The number of amides is 2. The molecule has 0 radical (unpaired) electrons. The molecule has 33 heavy (non-hydrogen) atoms. The number of hydrogen-bond acceptors (Lipinski definition) is 2. The fraction of sp³-hybridized carbons (Fsp3) is 0.111. The number of imidazole rings is 1. The average molecular weight is 436 g/mol. The van der Waals surface area contributed by atoms with Crippen molar-refractivity contribution in [3.05, 3.63) is 108 Å². The monoisotopic (exact) mass is 435 g/mol. The van der Waals surface area contributed by atoms with Crippen LogP contribution in [-0.4, -0.2) is 21.0 Å². The molecule has 164 valence electrons. The van der Waals surface area contributed by atoms with Gasteiger partial charge in [0.15, 0.2) is 0 Å². The van der Waals surface area contributed by atoms with Gasteiger partial charge in [-0.1, -0.05) is 72.8 Å². The molecule has 4 N–H and O–H groups in total. The number of hydrogen-bond donors (Lipinski definition) is 4. The Morgan fingerprint density at radius 3 is 2.48 bits per heavy atom. The number of aromatic nitrogens is 3. The highest BCUT2D eigenvalue weighted by Crippen LogP contribution is 2.26. The Balaban J connectivity index is 1.24. The summed E-state index contributed by atoms with van der Waals surface area (Å²) in [6.07, 6.45) is 5.54. The van der Waals surface area contributed by atoms with Crippen LogP contribution < -0.4 is 10.6 Å². The maximum atomic E-state index is 12.4. The quantitative estimate of drug-likeness (QED) is 0.266. The van der Waals surface area contributed by atoms with E-state index in [-0.39, 0.29) is 6.03 Å². The molecule has 0 bridgehead atoms. The minimum Gasteiger partial charge on any atom is -0.359 e. The predicted octanol–water partition coefficient (Wildman–Crippen LogP) is 5.66. The number of nitrogens with zero attached hydrogens (tertiary/aromatic N) is 1. The molecule has 0 spiro atoms. The third-order valence-corrected chi connectivity index (χ3v) is 5.69. The van der Waals surface area contributed by atoms with Crippen LogP contribution in [0.5, 0.6) is 0 Å². The van der Waals surface area contributed by atoms with Crippen LogP contribution in [0, 0.1) is 0 Å². The van der Waals surface area contributed by atoms with Crippen molar-refractivity contribution < 1.29 is 4.79 Å². The number of aryl methyl sites for hydroxylation is 2. The van der Waals surface area contributed by atoms with Crippen LogP contribution in [0.15, 0.2) is 91.3 Å². The number of rotatable bonds is 7. The number of benzene rings is 3. The van der Waals surface area contributed by atoms with Crippen molar-refractivity contribution in [1.29, 1.82) is 0 Å². The van der Waals surface area contributed by atoms with Crippen molar-refractivity contribution in [2.75, 3.05) is 5.32 Å². The van der Waals surface area contributed by atoms with Crippen LogP contribution in [-0.2, 0) is 19.4 Å².